The van der Waals surface area contributed by atoms with Gasteiger partial charge in [0.05, 0.1) is 12.7 Å². The molecule has 2 aromatic rings. The number of nitrogens with one attached hydrogen (secondary N) is 1. The highest BCUT2D eigenvalue weighted by atomic mass is 35.5. The van der Waals surface area contributed by atoms with Gasteiger partial charge in [-0.05, 0) is 30.8 Å². The van der Waals surface area contributed by atoms with Gasteiger partial charge in [0.25, 0.3) is 5.91 Å². The lowest BCUT2D eigenvalue weighted by molar-refractivity contribution is 0.0946. The molecule has 6 heteroatoms. The molecule has 24 heavy (non-hydrogen) atoms. The molecule has 2 rings (SSSR count). The van der Waals surface area contributed by atoms with Crippen LogP contribution in [0.3, 0.4) is 0 Å². The summed E-state index contributed by atoms with van der Waals surface area (Å²) in [5.74, 6) is 0.335. The van der Waals surface area contributed by atoms with Crippen LogP contribution in [0.25, 0.3) is 0 Å². The number of halogens is 2. The van der Waals surface area contributed by atoms with Crippen LogP contribution in [0.1, 0.15) is 15.9 Å². The van der Waals surface area contributed by atoms with E-state index in [1.807, 2.05) is 25.2 Å². The van der Waals surface area contributed by atoms with Gasteiger partial charge in [0.2, 0.25) is 0 Å². The molecule has 0 spiro atoms. The van der Waals surface area contributed by atoms with Crippen molar-refractivity contribution in [1.29, 1.82) is 0 Å². The molecule has 0 unspecified atom stereocenters. The van der Waals surface area contributed by atoms with Crippen molar-refractivity contribution in [2.24, 2.45) is 0 Å². The minimum Gasteiger partial charge on any atom is -0.496 e. The average Bonchev–Trinajstić information content (AvgIpc) is 2.55. The molecule has 0 aliphatic heterocycles. The van der Waals surface area contributed by atoms with Crippen LogP contribution < -0.4 is 10.1 Å². The van der Waals surface area contributed by atoms with Crippen LogP contribution in [0.5, 0.6) is 5.75 Å². The minimum absolute atomic E-state index is 0. The van der Waals surface area contributed by atoms with Crippen molar-refractivity contribution < 1.29 is 9.53 Å². The molecule has 0 aliphatic rings. The maximum absolute atomic E-state index is 12.2. The zero-order valence-corrected chi connectivity index (χ0v) is 15.4. The van der Waals surface area contributed by atoms with E-state index in [9.17, 15) is 4.79 Å². The quantitative estimate of drug-likeness (QED) is 0.810. The third kappa shape index (κ3) is 6.04. The van der Waals surface area contributed by atoms with Gasteiger partial charge in [-0.3, -0.25) is 4.79 Å². The van der Waals surface area contributed by atoms with Crippen LogP contribution in [0.4, 0.5) is 0 Å². The maximum Gasteiger partial charge on any atom is 0.255 e. The predicted octanol–water partition coefficient (Wildman–Crippen LogP) is 3.63. The van der Waals surface area contributed by atoms with Crippen molar-refractivity contribution in [1.82, 2.24) is 10.2 Å². The fraction of sp³-hybridized carbons (Fsp3) is 0.278. The van der Waals surface area contributed by atoms with Gasteiger partial charge in [0, 0.05) is 24.7 Å². The summed E-state index contributed by atoms with van der Waals surface area (Å²) in [5.41, 5.74) is 1.70. The molecule has 0 saturated heterocycles. The van der Waals surface area contributed by atoms with Gasteiger partial charge >= 0.3 is 0 Å². The van der Waals surface area contributed by atoms with Crippen LogP contribution >= 0.6 is 24.0 Å². The van der Waals surface area contributed by atoms with Crippen molar-refractivity contribution in [3.63, 3.8) is 0 Å². The lowest BCUT2D eigenvalue weighted by Gasteiger charge is -2.17. The fourth-order valence-electron chi connectivity index (χ4n) is 2.29. The van der Waals surface area contributed by atoms with Gasteiger partial charge in [-0.1, -0.05) is 41.9 Å². The van der Waals surface area contributed by atoms with Crippen LogP contribution in [-0.2, 0) is 6.54 Å². The first-order valence-electron chi connectivity index (χ1n) is 7.44. The Kier molecular flexibility index (Phi) is 8.61. The number of carbonyl (C=O) groups is 1. The highest BCUT2D eigenvalue weighted by Gasteiger charge is 2.12. The summed E-state index contributed by atoms with van der Waals surface area (Å²) in [7, 11) is 3.56. The Morgan fingerprint density at radius 1 is 1.21 bits per heavy atom. The summed E-state index contributed by atoms with van der Waals surface area (Å²) in [6.07, 6.45) is 0. The van der Waals surface area contributed by atoms with E-state index in [1.54, 1.807) is 18.2 Å². The Hall–Kier alpha value is -1.75. The second-order valence-electron chi connectivity index (χ2n) is 5.32. The number of nitrogens with zero attached hydrogens (tertiary/aromatic N) is 1. The number of hydrogen-bond donors (Lipinski definition) is 1. The second-order valence-corrected chi connectivity index (χ2v) is 5.76. The number of hydrogen-bond acceptors (Lipinski definition) is 3. The number of rotatable bonds is 7. The Morgan fingerprint density at radius 3 is 2.58 bits per heavy atom. The Labute approximate surface area is 154 Å². The molecular formula is C18H22Cl2N2O2. The normalized spacial score (nSPS) is 10.2. The van der Waals surface area contributed by atoms with Gasteiger partial charge in [-0.25, -0.2) is 0 Å². The zero-order valence-electron chi connectivity index (χ0n) is 13.8. The molecule has 0 aromatic heterocycles. The molecule has 130 valence electrons. The third-order valence-corrected chi connectivity index (χ3v) is 3.72. The minimum atomic E-state index is -0.183. The number of ether oxygens (including phenoxy) is 1. The lowest BCUT2D eigenvalue weighted by atomic mass is 10.2. The molecule has 0 aliphatic carbocycles. The van der Waals surface area contributed by atoms with E-state index in [0.29, 0.717) is 22.9 Å². The molecule has 2 aromatic carbocycles. The summed E-state index contributed by atoms with van der Waals surface area (Å²) in [4.78, 5) is 14.4. The molecule has 4 nitrogen and oxygen atoms in total. The Balaban J connectivity index is 0.00000288. The molecular weight excluding hydrogens is 347 g/mol. The smallest absolute Gasteiger partial charge is 0.255 e. The molecule has 0 heterocycles. The summed E-state index contributed by atoms with van der Waals surface area (Å²) in [6.45, 7) is 2.15. The molecule has 1 amide bonds. The standard InChI is InChI=1S/C18H21ClN2O2.ClH/c1-21(13-14-6-4-3-5-7-14)11-10-20-18(22)16-12-15(19)8-9-17(16)23-2;/h3-9,12H,10-11,13H2,1-2H3,(H,20,22);1H. The molecule has 1 N–H and O–H groups in total. The predicted molar refractivity (Wildman–Crippen MR) is 100 cm³/mol. The highest BCUT2D eigenvalue weighted by Crippen LogP contribution is 2.22. The van der Waals surface area contributed by atoms with E-state index >= 15 is 0 Å². The Bertz CT molecular complexity index is 651. The SMILES string of the molecule is COc1ccc(Cl)cc1C(=O)NCCN(C)Cc1ccccc1.Cl. The van der Waals surface area contributed by atoms with Gasteiger partial charge in [-0.15, -0.1) is 12.4 Å². The summed E-state index contributed by atoms with van der Waals surface area (Å²) >= 11 is 5.95. The average molecular weight is 369 g/mol. The number of likely N-dealkylation sites (N-methyl/N-ethyl adjacent to an activating group) is 1. The first-order valence-corrected chi connectivity index (χ1v) is 7.82. The second kappa shape index (κ2) is 10.2. The largest absolute Gasteiger partial charge is 0.496 e. The van der Waals surface area contributed by atoms with Gasteiger partial charge in [-0.2, -0.15) is 0 Å². The van der Waals surface area contributed by atoms with Gasteiger partial charge < -0.3 is 15.0 Å². The molecule has 0 atom stereocenters. The number of methoxy groups -OCH3 is 1. The van der Waals surface area contributed by atoms with Crippen LogP contribution in [-0.4, -0.2) is 38.1 Å². The van der Waals surface area contributed by atoms with E-state index in [0.717, 1.165) is 13.1 Å². The zero-order chi connectivity index (χ0) is 16.7. The highest BCUT2D eigenvalue weighted by molar-refractivity contribution is 6.31. The molecule has 0 fully saturated rings. The summed E-state index contributed by atoms with van der Waals surface area (Å²) in [6, 6.07) is 15.2. The van der Waals surface area contributed by atoms with E-state index in [4.69, 9.17) is 16.3 Å². The molecule has 0 bridgehead atoms. The van der Waals surface area contributed by atoms with E-state index in [2.05, 4.69) is 22.3 Å². The monoisotopic (exact) mass is 368 g/mol. The lowest BCUT2D eigenvalue weighted by Crippen LogP contribution is -2.33. The molecule has 0 saturated carbocycles. The van der Waals surface area contributed by atoms with Gasteiger partial charge in [0.15, 0.2) is 0 Å². The summed E-state index contributed by atoms with van der Waals surface area (Å²) in [5, 5.41) is 3.41. The van der Waals surface area contributed by atoms with E-state index < -0.39 is 0 Å². The van der Waals surface area contributed by atoms with Crippen molar-refractivity contribution in [3.8, 4) is 5.75 Å². The van der Waals surface area contributed by atoms with Crippen molar-refractivity contribution in [2.75, 3.05) is 27.2 Å². The fourth-order valence-corrected chi connectivity index (χ4v) is 2.46. The first-order chi connectivity index (χ1) is 11.1. The maximum atomic E-state index is 12.2. The van der Waals surface area contributed by atoms with Gasteiger partial charge in [0.1, 0.15) is 5.75 Å². The van der Waals surface area contributed by atoms with Crippen LogP contribution in [0.2, 0.25) is 5.02 Å². The number of benzene rings is 2. The first kappa shape index (κ1) is 20.3. The number of amides is 1. The third-order valence-electron chi connectivity index (χ3n) is 3.48. The van der Waals surface area contributed by atoms with Crippen LogP contribution in [0, 0.1) is 0 Å². The topological polar surface area (TPSA) is 41.6 Å². The van der Waals surface area contributed by atoms with E-state index in [-0.39, 0.29) is 18.3 Å². The molecule has 0 radical (unpaired) electrons. The van der Waals surface area contributed by atoms with Crippen molar-refractivity contribution >= 4 is 29.9 Å². The van der Waals surface area contributed by atoms with E-state index in [1.165, 1.54) is 12.7 Å². The van der Waals surface area contributed by atoms with Crippen molar-refractivity contribution in [3.05, 3.63) is 64.7 Å². The van der Waals surface area contributed by atoms with Crippen LogP contribution in [0.15, 0.2) is 48.5 Å². The number of carbonyl (C=O) groups excluding carboxylic acids is 1. The van der Waals surface area contributed by atoms with Crippen molar-refractivity contribution in [2.45, 2.75) is 6.54 Å². The summed E-state index contributed by atoms with van der Waals surface area (Å²) < 4.78 is 5.20. The Morgan fingerprint density at radius 2 is 1.92 bits per heavy atom.